The van der Waals surface area contributed by atoms with E-state index >= 15 is 0 Å². The van der Waals surface area contributed by atoms with Gasteiger partial charge >= 0.3 is 0 Å². The highest BCUT2D eigenvalue weighted by Gasteiger charge is 2.65. The van der Waals surface area contributed by atoms with Crippen LogP contribution >= 0.6 is 11.8 Å². The number of ether oxygens (including phenoxy) is 3. The quantitative estimate of drug-likeness (QED) is 0.0390. The molecule has 6 atom stereocenters. The minimum absolute atomic E-state index is 0.0407. The molecule has 0 spiro atoms. The van der Waals surface area contributed by atoms with E-state index in [-0.39, 0.29) is 48.9 Å². The second-order valence-electron chi connectivity index (χ2n) is 15.3. The number of oxime groups is 1. The van der Waals surface area contributed by atoms with E-state index in [1.807, 2.05) is 42.5 Å². The largest absolute Gasteiger partial charge is 0.493 e. The third kappa shape index (κ3) is 8.82. The van der Waals surface area contributed by atoms with Crippen LogP contribution in [0.3, 0.4) is 0 Å². The fourth-order valence-electron chi connectivity index (χ4n) is 9.35. The number of aromatic nitrogens is 1. The Morgan fingerprint density at radius 3 is 2.56 bits per heavy atom. The zero-order valence-corrected chi connectivity index (χ0v) is 35.5. The lowest BCUT2D eigenvalue weighted by atomic mass is 9.55. The number of pyridine rings is 1. The van der Waals surface area contributed by atoms with Crippen molar-refractivity contribution in [1.29, 1.82) is 0 Å². The number of aliphatic hydroxyl groups is 2. The maximum absolute atomic E-state index is 15.0. The van der Waals surface area contributed by atoms with Gasteiger partial charge < -0.3 is 29.3 Å². The molecule has 2 aliphatic carbocycles. The first-order chi connectivity index (χ1) is 28.8. The van der Waals surface area contributed by atoms with Crippen molar-refractivity contribution < 1.29 is 37.7 Å². The molecule has 13 heteroatoms. The fourth-order valence-corrected chi connectivity index (χ4v) is 11.6. The Hall–Kier alpha value is -4.24. The van der Waals surface area contributed by atoms with Gasteiger partial charge in [-0.1, -0.05) is 66.5 Å². The van der Waals surface area contributed by atoms with Crippen molar-refractivity contribution in [1.82, 2.24) is 9.29 Å². The Labute approximate surface area is 352 Å². The number of likely N-dealkylation sites (N-methyl/N-ethyl adjacent to an activating group) is 1. The number of para-hydroxylation sites is 1. The number of hydrogen-bond donors (Lipinski definition) is 2. The summed E-state index contributed by atoms with van der Waals surface area (Å²) in [5, 5.41) is 25.0. The highest BCUT2D eigenvalue weighted by atomic mass is 32.2. The van der Waals surface area contributed by atoms with Crippen LogP contribution in [-0.4, -0.2) is 91.8 Å². The number of hydrogen-bond acceptors (Lipinski definition) is 11. The number of aliphatic hydroxyl groups excluding tert-OH is 2. The standard InChI is InChI=1S/C46H55N3O8S2/c1-4-26-56-46-42(49(2)59(52,53)41-20-12-15-32-16-13-23-47-45(32)41)31-39(48-54-3)37-29-33(14-8-10-24-50)36(19-9-11-25-51)43(44(37)46)38-30-34(21-22-40(38)57-46)55-27-28-58-35-17-6-5-7-18-35/h4-7,12-13,15-18,20-23,29-30,33,36,42-44,50-51H,1,8-11,14,19,24-28,31H2,2-3H3/t33-,36+,42-,43+,44+,46+/m0/s1. The Morgan fingerprint density at radius 2 is 1.80 bits per heavy atom. The summed E-state index contributed by atoms with van der Waals surface area (Å²) in [5.74, 6) is -0.0943. The van der Waals surface area contributed by atoms with Crippen LogP contribution < -0.4 is 9.47 Å². The predicted molar refractivity (Wildman–Crippen MR) is 231 cm³/mol. The van der Waals surface area contributed by atoms with Crippen molar-refractivity contribution in [2.24, 2.45) is 22.9 Å². The molecule has 2 heterocycles. The van der Waals surface area contributed by atoms with Crippen LogP contribution in [0.15, 0.2) is 124 Å². The minimum Gasteiger partial charge on any atom is -0.493 e. The van der Waals surface area contributed by atoms with Gasteiger partial charge in [0.15, 0.2) is 0 Å². The van der Waals surface area contributed by atoms with Crippen LogP contribution in [0.1, 0.15) is 56.4 Å². The molecular formula is C46H55N3O8S2. The minimum atomic E-state index is -4.22. The number of rotatable bonds is 20. The van der Waals surface area contributed by atoms with Gasteiger partial charge in [0.05, 0.1) is 36.4 Å². The molecule has 0 saturated heterocycles. The summed E-state index contributed by atoms with van der Waals surface area (Å²) in [6, 6.07) is 24.0. The van der Waals surface area contributed by atoms with Gasteiger partial charge in [-0.15, -0.1) is 18.3 Å². The Balaban J connectivity index is 1.37. The third-order valence-electron chi connectivity index (χ3n) is 11.9. The number of nitrogens with zero attached hydrogens (tertiary/aromatic N) is 3. The summed E-state index contributed by atoms with van der Waals surface area (Å²) in [5.41, 5.74) is 2.86. The summed E-state index contributed by atoms with van der Waals surface area (Å²) in [4.78, 5) is 11.3. The van der Waals surface area contributed by atoms with Crippen molar-refractivity contribution in [3.05, 3.63) is 115 Å². The van der Waals surface area contributed by atoms with E-state index in [0.29, 0.717) is 47.6 Å². The Morgan fingerprint density at radius 1 is 1.02 bits per heavy atom. The van der Waals surface area contributed by atoms with E-state index < -0.39 is 27.8 Å². The summed E-state index contributed by atoms with van der Waals surface area (Å²) in [6.07, 6.45) is 10.2. The van der Waals surface area contributed by atoms with Crippen LogP contribution in [0.5, 0.6) is 11.5 Å². The number of unbranched alkanes of at least 4 members (excludes halogenated alkanes) is 2. The van der Waals surface area contributed by atoms with Crippen molar-refractivity contribution >= 4 is 38.4 Å². The van der Waals surface area contributed by atoms with Gasteiger partial charge in [0.25, 0.3) is 0 Å². The zero-order chi connectivity index (χ0) is 41.4. The molecular weight excluding hydrogens is 787 g/mol. The van der Waals surface area contributed by atoms with Crippen molar-refractivity contribution in [3.63, 3.8) is 0 Å². The second kappa shape index (κ2) is 19.4. The van der Waals surface area contributed by atoms with E-state index in [9.17, 15) is 18.6 Å². The lowest BCUT2D eigenvalue weighted by molar-refractivity contribution is -0.250. The van der Waals surface area contributed by atoms with E-state index in [0.717, 1.165) is 42.6 Å². The van der Waals surface area contributed by atoms with E-state index in [4.69, 9.17) is 19.0 Å². The van der Waals surface area contributed by atoms with E-state index in [1.165, 1.54) is 16.3 Å². The molecule has 0 radical (unpaired) electrons. The summed E-state index contributed by atoms with van der Waals surface area (Å²) in [7, 11) is -1.13. The summed E-state index contributed by atoms with van der Waals surface area (Å²) in [6.45, 7) is 4.76. The maximum Gasteiger partial charge on any atom is 0.245 e. The number of benzene rings is 3. The number of fused-ring (bicyclic) bond motifs is 3. The van der Waals surface area contributed by atoms with Gasteiger partial charge in [-0.05, 0) is 85.6 Å². The van der Waals surface area contributed by atoms with Gasteiger partial charge in [-0.25, -0.2) is 8.42 Å². The number of sulfonamides is 1. The zero-order valence-electron chi connectivity index (χ0n) is 33.8. The molecule has 1 aromatic heterocycles. The lowest BCUT2D eigenvalue weighted by Gasteiger charge is -2.59. The smallest absolute Gasteiger partial charge is 0.245 e. The van der Waals surface area contributed by atoms with Crippen LogP contribution in [0.4, 0.5) is 0 Å². The van der Waals surface area contributed by atoms with Gasteiger partial charge in [0.2, 0.25) is 15.8 Å². The Bertz CT molecular complexity index is 2230. The van der Waals surface area contributed by atoms with Crippen molar-refractivity contribution in [2.75, 3.05) is 46.3 Å². The molecule has 59 heavy (non-hydrogen) atoms. The second-order valence-corrected chi connectivity index (χ2v) is 18.5. The summed E-state index contributed by atoms with van der Waals surface area (Å²) < 4.78 is 52.0. The molecule has 2 N–H and O–H groups in total. The first-order valence-corrected chi connectivity index (χ1v) is 22.9. The monoisotopic (exact) mass is 841 g/mol. The van der Waals surface area contributed by atoms with Crippen molar-refractivity contribution in [2.45, 2.75) is 72.5 Å². The lowest BCUT2D eigenvalue weighted by Crippen LogP contribution is -2.69. The van der Waals surface area contributed by atoms with E-state index in [2.05, 4.69) is 41.0 Å². The average molecular weight is 842 g/mol. The molecule has 0 amide bonds. The first kappa shape index (κ1) is 42.9. The van der Waals surface area contributed by atoms with E-state index in [1.54, 1.807) is 49.3 Å². The molecule has 0 unspecified atom stereocenters. The molecule has 4 aromatic rings. The normalized spacial score (nSPS) is 24.3. The molecule has 1 saturated carbocycles. The third-order valence-corrected chi connectivity index (χ3v) is 14.8. The van der Waals surface area contributed by atoms with Gasteiger partial charge in [-0.2, -0.15) is 4.31 Å². The number of thioether (sulfide) groups is 1. The van der Waals surface area contributed by atoms with Crippen molar-refractivity contribution in [3.8, 4) is 11.5 Å². The first-order valence-electron chi connectivity index (χ1n) is 20.5. The molecule has 1 aliphatic heterocycles. The van der Waals surface area contributed by atoms with Crippen LogP contribution in [-0.2, 0) is 19.6 Å². The molecule has 1 fully saturated rings. The molecule has 3 aromatic carbocycles. The molecule has 3 aliphatic rings. The van der Waals surface area contributed by atoms with Gasteiger partial charge in [0, 0.05) is 60.4 Å². The van der Waals surface area contributed by atoms with Gasteiger partial charge in [-0.3, -0.25) is 4.98 Å². The fraction of sp³-hybridized carbons (Fsp3) is 0.435. The van der Waals surface area contributed by atoms with Gasteiger partial charge in [0.1, 0.15) is 23.5 Å². The molecule has 11 nitrogen and oxygen atoms in total. The Kier molecular flexibility index (Phi) is 14.1. The molecule has 0 bridgehead atoms. The van der Waals surface area contributed by atoms with Crippen LogP contribution in [0.25, 0.3) is 10.9 Å². The highest BCUT2D eigenvalue weighted by Crippen LogP contribution is 2.62. The topological polar surface area (TPSA) is 140 Å². The van der Waals surface area contributed by atoms with Crippen LogP contribution in [0.2, 0.25) is 0 Å². The molecule has 7 rings (SSSR count). The summed E-state index contributed by atoms with van der Waals surface area (Å²) >= 11 is 1.73. The number of allylic oxidation sites excluding steroid dienone is 1. The SMILES string of the molecule is C=CCO[C@@]12Oc3ccc(OCCSc4ccccc4)cc3[C@H]3[C@H](CCCCO)[C@@H](CCCCO)C=C(C(=NOC)C[C@@H]1N(C)S(=O)(=O)c1cccc4cccnc14)[C@H]32. The maximum atomic E-state index is 15.0. The van der Waals surface area contributed by atoms with Crippen LogP contribution in [0, 0.1) is 17.8 Å². The highest BCUT2D eigenvalue weighted by molar-refractivity contribution is 7.99. The predicted octanol–water partition coefficient (Wildman–Crippen LogP) is 7.99. The molecule has 314 valence electrons. The average Bonchev–Trinajstić information content (AvgIpc) is 3.26.